The van der Waals surface area contributed by atoms with E-state index in [-0.39, 0.29) is 28.7 Å². The molecule has 2 aromatic rings. The average molecular weight is 300 g/mol. The molecule has 4 rings (SSSR count). The van der Waals surface area contributed by atoms with Crippen molar-refractivity contribution in [3.8, 4) is 11.5 Å². The summed E-state index contributed by atoms with van der Waals surface area (Å²) in [6, 6.07) is 9.21. The Balaban J connectivity index is 1.89. The smallest absolute Gasteiger partial charge is 0.284 e. The Labute approximate surface area is 122 Å². The molecule has 0 saturated carbocycles. The van der Waals surface area contributed by atoms with Gasteiger partial charge in [0.25, 0.3) is 10.4 Å². The van der Waals surface area contributed by atoms with E-state index in [9.17, 15) is 4.79 Å². The van der Waals surface area contributed by atoms with Crippen LogP contribution in [-0.4, -0.2) is 20.0 Å². The number of nitrogens with zero attached hydrogens (tertiary/aromatic N) is 3. The van der Waals surface area contributed by atoms with Crippen LogP contribution in [0.15, 0.2) is 44.0 Å². The summed E-state index contributed by atoms with van der Waals surface area (Å²) in [7, 11) is 0. The molecule has 21 heavy (non-hydrogen) atoms. The van der Waals surface area contributed by atoms with Crippen molar-refractivity contribution in [2.75, 3.05) is 0 Å². The molecular formula is C13H8N4O3S. The molecule has 1 N–H and O–H groups in total. The maximum Gasteiger partial charge on any atom is 0.284 e. The van der Waals surface area contributed by atoms with Gasteiger partial charge in [0.05, 0.1) is 0 Å². The van der Waals surface area contributed by atoms with Gasteiger partial charge >= 0.3 is 0 Å². The number of aromatic amines is 1. The number of rotatable bonds is 2. The summed E-state index contributed by atoms with van der Waals surface area (Å²) in [6.07, 6.45) is 0. The lowest BCUT2D eigenvalue weighted by atomic mass is 10.2. The predicted octanol–water partition coefficient (Wildman–Crippen LogP) is 2.19. The third-order valence-electron chi connectivity index (χ3n) is 3.10. The van der Waals surface area contributed by atoms with E-state index in [0.29, 0.717) is 11.1 Å². The van der Waals surface area contributed by atoms with Crippen LogP contribution < -0.4 is 5.56 Å². The van der Waals surface area contributed by atoms with Crippen molar-refractivity contribution in [2.45, 2.75) is 6.54 Å². The van der Waals surface area contributed by atoms with Crippen molar-refractivity contribution in [3.63, 3.8) is 0 Å². The summed E-state index contributed by atoms with van der Waals surface area (Å²) < 4.78 is 12.0. The fourth-order valence-electron chi connectivity index (χ4n) is 2.15. The first-order valence-electron chi connectivity index (χ1n) is 6.14. The molecule has 0 bridgehead atoms. The van der Waals surface area contributed by atoms with Crippen molar-refractivity contribution in [2.24, 2.45) is 0 Å². The number of nitrogens with one attached hydrogen (secondary N) is 1. The highest BCUT2D eigenvalue weighted by Crippen LogP contribution is 2.24. The number of fused-ring (bicyclic) bond motifs is 2. The van der Waals surface area contributed by atoms with Crippen LogP contribution in [0.5, 0.6) is 0 Å². The summed E-state index contributed by atoms with van der Waals surface area (Å²) in [6.45, 7) is 0.0898. The molecule has 0 unspecified atom stereocenters. The molecule has 8 heteroatoms. The van der Waals surface area contributed by atoms with Crippen LogP contribution in [0.25, 0.3) is 22.4 Å². The molecule has 0 atom stereocenters. The quantitative estimate of drug-likeness (QED) is 0.571. The number of para-hydroxylation sites is 1. The van der Waals surface area contributed by atoms with Crippen LogP contribution in [0.4, 0.5) is 0 Å². The summed E-state index contributed by atoms with van der Waals surface area (Å²) >= 11 is 4.79. The number of benzene rings is 1. The van der Waals surface area contributed by atoms with E-state index in [0.717, 1.165) is 5.39 Å². The lowest BCUT2D eigenvalue weighted by Gasteiger charge is -1.98. The summed E-state index contributed by atoms with van der Waals surface area (Å²) in [5.74, 6) is 0.572. The topological polar surface area (TPSA) is 89.9 Å². The zero-order valence-corrected chi connectivity index (χ0v) is 11.4. The second-order valence-corrected chi connectivity index (χ2v) is 4.84. The molecule has 2 aliphatic rings. The first-order valence-corrected chi connectivity index (χ1v) is 6.55. The number of hydrogen-bond donors (Lipinski definition) is 1. The van der Waals surface area contributed by atoms with Crippen molar-refractivity contribution in [1.29, 1.82) is 0 Å². The minimum Gasteiger partial charge on any atom is -0.436 e. The highest BCUT2D eigenvalue weighted by Gasteiger charge is 2.19. The van der Waals surface area contributed by atoms with Gasteiger partial charge in [-0.05, 0) is 24.4 Å². The molecule has 0 saturated heterocycles. The van der Waals surface area contributed by atoms with Crippen LogP contribution in [0.2, 0.25) is 0 Å². The van der Waals surface area contributed by atoms with E-state index < -0.39 is 0 Å². The van der Waals surface area contributed by atoms with Gasteiger partial charge in [-0.15, -0.1) is 10.2 Å². The van der Waals surface area contributed by atoms with Gasteiger partial charge in [0.2, 0.25) is 11.8 Å². The van der Waals surface area contributed by atoms with E-state index >= 15 is 0 Å². The normalized spacial score (nSPS) is 11.4. The minimum atomic E-state index is -0.261. The van der Waals surface area contributed by atoms with Crippen molar-refractivity contribution < 1.29 is 8.83 Å². The lowest BCUT2D eigenvalue weighted by Crippen LogP contribution is -2.17. The minimum absolute atomic E-state index is 0.0898. The van der Waals surface area contributed by atoms with Gasteiger partial charge in [0.15, 0.2) is 0 Å². The highest BCUT2D eigenvalue weighted by atomic mass is 32.1. The molecule has 0 aliphatic carbocycles. The van der Waals surface area contributed by atoms with E-state index in [1.165, 1.54) is 4.68 Å². The molecule has 7 nitrogen and oxygen atoms in total. The first kappa shape index (κ1) is 12.0. The summed E-state index contributed by atoms with van der Waals surface area (Å²) in [5.41, 5.74) is 0.832. The maximum absolute atomic E-state index is 12.3. The van der Waals surface area contributed by atoms with Crippen LogP contribution in [0.1, 0.15) is 5.89 Å². The molecule has 0 spiro atoms. The Bertz CT molecular complexity index is 1030. The van der Waals surface area contributed by atoms with Crippen molar-refractivity contribution in [3.05, 3.63) is 51.4 Å². The first-order chi connectivity index (χ1) is 10.2. The van der Waals surface area contributed by atoms with Gasteiger partial charge in [-0.3, -0.25) is 4.79 Å². The van der Waals surface area contributed by atoms with Crippen molar-refractivity contribution in [1.82, 2.24) is 20.0 Å². The number of aromatic nitrogens is 4. The van der Waals surface area contributed by atoms with Crippen molar-refractivity contribution >= 4 is 23.2 Å². The van der Waals surface area contributed by atoms with E-state index in [1.54, 1.807) is 6.07 Å². The van der Waals surface area contributed by atoms with Gasteiger partial charge < -0.3 is 8.83 Å². The summed E-state index contributed by atoms with van der Waals surface area (Å²) in [4.78, 5) is 12.5. The largest absolute Gasteiger partial charge is 0.436 e. The number of hydrogen-bond acceptors (Lipinski definition) is 6. The second-order valence-electron chi connectivity index (χ2n) is 4.47. The van der Waals surface area contributed by atoms with Crippen LogP contribution in [-0.2, 0) is 6.54 Å². The molecule has 0 amide bonds. The molecule has 2 aliphatic heterocycles. The molecule has 0 radical (unpaired) electrons. The third kappa shape index (κ3) is 1.96. The van der Waals surface area contributed by atoms with E-state index in [4.69, 9.17) is 21.1 Å². The summed E-state index contributed by atoms with van der Waals surface area (Å²) in [5, 5.41) is 11.4. The van der Waals surface area contributed by atoms with Gasteiger partial charge in [-0.2, -0.15) is 0 Å². The Morgan fingerprint density at radius 1 is 1.29 bits per heavy atom. The fraction of sp³-hybridized carbons (Fsp3) is 0.0769. The predicted molar refractivity (Wildman–Crippen MR) is 75.7 cm³/mol. The Kier molecular flexibility index (Phi) is 2.51. The fourth-order valence-corrected chi connectivity index (χ4v) is 2.30. The van der Waals surface area contributed by atoms with Gasteiger partial charge in [-0.25, -0.2) is 9.78 Å². The van der Waals surface area contributed by atoms with Gasteiger partial charge in [0, 0.05) is 5.39 Å². The van der Waals surface area contributed by atoms with Crippen LogP contribution >= 0.6 is 12.2 Å². The zero-order chi connectivity index (χ0) is 14.4. The molecular weight excluding hydrogens is 292 g/mol. The Morgan fingerprint density at radius 2 is 2.14 bits per heavy atom. The van der Waals surface area contributed by atoms with Crippen LogP contribution in [0.3, 0.4) is 0 Å². The lowest BCUT2D eigenvalue weighted by molar-refractivity contribution is 0.448. The number of H-pyrrole nitrogens is 1. The molecule has 104 valence electrons. The zero-order valence-electron chi connectivity index (χ0n) is 10.6. The standard InChI is InChI=1S/C13H8N4O3S/c18-12-8-5-7-3-1-2-4-9(7)19-11(8)16-17(12)6-10-14-15-13(21)20-10/h1-5H,6H2,(H,15,21). The Morgan fingerprint density at radius 3 is 2.95 bits per heavy atom. The monoisotopic (exact) mass is 300 g/mol. The SMILES string of the molecule is O=c1c2cc3ccccc3oc-2nn1Cc1n[nH]c(=S)o1. The molecule has 1 aromatic carbocycles. The Hall–Kier alpha value is -2.74. The second kappa shape index (κ2) is 4.38. The maximum atomic E-state index is 12.3. The molecule has 1 aromatic heterocycles. The van der Waals surface area contributed by atoms with E-state index in [1.807, 2.05) is 24.3 Å². The molecule has 0 fully saturated rings. The average Bonchev–Trinajstić information content (AvgIpc) is 3.02. The van der Waals surface area contributed by atoms with Gasteiger partial charge in [0.1, 0.15) is 17.7 Å². The molecule has 3 heterocycles. The van der Waals surface area contributed by atoms with E-state index in [2.05, 4.69) is 15.3 Å². The highest BCUT2D eigenvalue weighted by molar-refractivity contribution is 7.71. The van der Waals surface area contributed by atoms with Crippen LogP contribution in [0, 0.1) is 4.84 Å². The van der Waals surface area contributed by atoms with Gasteiger partial charge in [-0.1, -0.05) is 18.2 Å². The third-order valence-corrected chi connectivity index (χ3v) is 3.27.